The highest BCUT2D eigenvalue weighted by atomic mass is 19.1. The average molecular weight is 166 g/mol. The van der Waals surface area contributed by atoms with Crippen molar-refractivity contribution in [1.29, 1.82) is 0 Å². The zero-order valence-electron chi connectivity index (χ0n) is 6.25. The molecule has 0 aliphatic rings. The molecule has 0 saturated heterocycles. The van der Waals surface area contributed by atoms with Crippen molar-refractivity contribution in [1.82, 2.24) is 0 Å². The Kier molecular flexibility index (Phi) is 2.69. The lowest BCUT2D eigenvalue weighted by atomic mass is 10.2. The van der Waals surface area contributed by atoms with Crippen LogP contribution in [-0.4, -0.2) is 6.08 Å². The van der Waals surface area contributed by atoms with E-state index in [0.717, 1.165) is 0 Å². The van der Waals surface area contributed by atoms with Crippen molar-refractivity contribution in [3.05, 3.63) is 29.6 Å². The van der Waals surface area contributed by atoms with Gasteiger partial charge in [-0.05, 0) is 18.2 Å². The maximum Gasteiger partial charge on any atom is 0.240 e. The largest absolute Gasteiger partial charge is 0.326 e. The van der Waals surface area contributed by atoms with Crippen LogP contribution in [0.2, 0.25) is 0 Å². The van der Waals surface area contributed by atoms with Crippen LogP contribution in [0, 0.1) is 5.82 Å². The zero-order valence-corrected chi connectivity index (χ0v) is 6.25. The van der Waals surface area contributed by atoms with Crippen LogP contribution in [-0.2, 0) is 11.3 Å². The van der Waals surface area contributed by atoms with E-state index >= 15 is 0 Å². The molecule has 0 fully saturated rings. The minimum atomic E-state index is -0.387. The van der Waals surface area contributed by atoms with Crippen molar-refractivity contribution in [2.45, 2.75) is 6.54 Å². The van der Waals surface area contributed by atoms with Gasteiger partial charge in [0.2, 0.25) is 6.08 Å². The Morgan fingerprint density at radius 3 is 2.92 bits per heavy atom. The number of carbonyl (C=O) groups excluding carboxylic acids is 1. The van der Waals surface area contributed by atoms with Gasteiger partial charge in [-0.15, -0.1) is 0 Å². The monoisotopic (exact) mass is 166 g/mol. The van der Waals surface area contributed by atoms with Gasteiger partial charge in [0.1, 0.15) is 5.82 Å². The maximum absolute atomic E-state index is 12.8. The maximum atomic E-state index is 12.8. The lowest BCUT2D eigenvalue weighted by Crippen LogP contribution is -1.98. The number of hydrogen-bond donors (Lipinski definition) is 1. The number of nitrogens with zero attached hydrogens (tertiary/aromatic N) is 1. The Morgan fingerprint density at radius 1 is 1.58 bits per heavy atom. The molecule has 3 nitrogen and oxygen atoms in total. The number of rotatable bonds is 2. The second-order valence-corrected chi connectivity index (χ2v) is 2.18. The number of halogens is 1. The highest BCUT2D eigenvalue weighted by molar-refractivity contribution is 5.50. The SMILES string of the molecule is NCc1cc(N=C=O)ccc1F. The summed E-state index contributed by atoms with van der Waals surface area (Å²) in [6.07, 6.45) is 1.37. The van der Waals surface area contributed by atoms with E-state index in [9.17, 15) is 9.18 Å². The van der Waals surface area contributed by atoms with Crippen LogP contribution in [0.1, 0.15) is 5.56 Å². The molecule has 0 heterocycles. The Hall–Kier alpha value is -1.51. The molecule has 12 heavy (non-hydrogen) atoms. The summed E-state index contributed by atoms with van der Waals surface area (Å²) in [6, 6.07) is 4.03. The summed E-state index contributed by atoms with van der Waals surface area (Å²) in [5.41, 5.74) is 5.94. The molecule has 1 aromatic rings. The van der Waals surface area contributed by atoms with Gasteiger partial charge in [0.25, 0.3) is 0 Å². The molecule has 0 radical (unpaired) electrons. The fourth-order valence-corrected chi connectivity index (χ4v) is 0.840. The Bertz CT molecular complexity index is 332. The van der Waals surface area contributed by atoms with Crippen LogP contribution in [0.15, 0.2) is 23.2 Å². The molecule has 1 aromatic carbocycles. The standard InChI is InChI=1S/C8H7FN2O/c9-8-2-1-7(11-5-12)3-6(8)4-10/h1-3H,4,10H2. The fourth-order valence-electron chi connectivity index (χ4n) is 0.840. The molecule has 62 valence electrons. The number of benzene rings is 1. The predicted molar refractivity (Wildman–Crippen MR) is 42.1 cm³/mol. The first-order valence-electron chi connectivity index (χ1n) is 3.34. The molecule has 1 rings (SSSR count). The first-order chi connectivity index (χ1) is 5.77. The second-order valence-electron chi connectivity index (χ2n) is 2.18. The second kappa shape index (κ2) is 3.76. The predicted octanol–water partition coefficient (Wildman–Crippen LogP) is 1.25. The Balaban J connectivity index is 3.13. The van der Waals surface area contributed by atoms with Crippen LogP contribution in [0.4, 0.5) is 10.1 Å². The summed E-state index contributed by atoms with van der Waals surface area (Å²) in [5.74, 6) is -0.387. The van der Waals surface area contributed by atoms with Crippen LogP contribution in [0.3, 0.4) is 0 Å². The lowest BCUT2D eigenvalue weighted by Gasteiger charge is -1.98. The van der Waals surface area contributed by atoms with Gasteiger partial charge in [-0.2, -0.15) is 4.99 Å². The molecule has 0 unspecified atom stereocenters. The normalized spacial score (nSPS) is 9.17. The molecular weight excluding hydrogens is 159 g/mol. The van der Waals surface area contributed by atoms with Crippen LogP contribution >= 0.6 is 0 Å². The highest BCUT2D eigenvalue weighted by Crippen LogP contribution is 2.16. The quantitative estimate of drug-likeness (QED) is 0.531. The van der Waals surface area contributed by atoms with Gasteiger partial charge in [-0.3, -0.25) is 0 Å². The van der Waals surface area contributed by atoms with E-state index in [-0.39, 0.29) is 12.4 Å². The zero-order chi connectivity index (χ0) is 8.97. The minimum Gasteiger partial charge on any atom is -0.326 e. The van der Waals surface area contributed by atoms with Gasteiger partial charge in [0, 0.05) is 12.1 Å². The van der Waals surface area contributed by atoms with Crippen molar-refractivity contribution in [2.24, 2.45) is 10.7 Å². The molecule has 0 aliphatic carbocycles. The topological polar surface area (TPSA) is 55.4 Å². The van der Waals surface area contributed by atoms with Crippen LogP contribution in [0.25, 0.3) is 0 Å². The number of isocyanates is 1. The Labute approximate surface area is 68.7 Å². The van der Waals surface area contributed by atoms with Gasteiger partial charge in [-0.25, -0.2) is 9.18 Å². The van der Waals surface area contributed by atoms with Gasteiger partial charge < -0.3 is 5.73 Å². The third-order valence-corrected chi connectivity index (χ3v) is 1.42. The van der Waals surface area contributed by atoms with Gasteiger partial charge in [0.05, 0.1) is 5.69 Å². The number of aliphatic imine (C=N–C) groups is 1. The number of nitrogens with two attached hydrogens (primary N) is 1. The van der Waals surface area contributed by atoms with E-state index in [1.165, 1.54) is 24.3 Å². The molecule has 0 aromatic heterocycles. The summed E-state index contributed by atoms with van der Waals surface area (Å²) in [5, 5.41) is 0. The van der Waals surface area contributed by atoms with E-state index < -0.39 is 0 Å². The molecule has 2 N–H and O–H groups in total. The Morgan fingerprint density at radius 2 is 2.33 bits per heavy atom. The van der Waals surface area contributed by atoms with Gasteiger partial charge in [-0.1, -0.05) is 0 Å². The van der Waals surface area contributed by atoms with E-state index in [0.29, 0.717) is 11.3 Å². The van der Waals surface area contributed by atoms with E-state index in [1.54, 1.807) is 0 Å². The van der Waals surface area contributed by atoms with Gasteiger partial charge >= 0.3 is 0 Å². The summed E-state index contributed by atoms with van der Waals surface area (Å²) in [4.78, 5) is 13.2. The molecule has 0 amide bonds. The summed E-state index contributed by atoms with van der Waals surface area (Å²) < 4.78 is 12.8. The molecule has 0 spiro atoms. The first-order valence-corrected chi connectivity index (χ1v) is 3.34. The van der Waals surface area contributed by atoms with E-state index in [1.807, 2.05) is 0 Å². The van der Waals surface area contributed by atoms with Crippen LogP contribution < -0.4 is 5.73 Å². The smallest absolute Gasteiger partial charge is 0.240 e. The molecule has 4 heteroatoms. The molecule has 0 saturated carbocycles. The lowest BCUT2D eigenvalue weighted by molar-refractivity contribution is 0.565. The average Bonchev–Trinajstić information content (AvgIpc) is 2.09. The summed E-state index contributed by atoms with van der Waals surface area (Å²) in [7, 11) is 0. The van der Waals surface area contributed by atoms with E-state index in [2.05, 4.69) is 4.99 Å². The third-order valence-electron chi connectivity index (χ3n) is 1.42. The number of hydrogen-bond acceptors (Lipinski definition) is 3. The first kappa shape index (κ1) is 8.59. The van der Waals surface area contributed by atoms with Crippen molar-refractivity contribution < 1.29 is 9.18 Å². The van der Waals surface area contributed by atoms with Crippen molar-refractivity contribution in [3.63, 3.8) is 0 Å². The van der Waals surface area contributed by atoms with Crippen molar-refractivity contribution in [2.75, 3.05) is 0 Å². The fraction of sp³-hybridized carbons (Fsp3) is 0.125. The van der Waals surface area contributed by atoms with Crippen molar-refractivity contribution in [3.8, 4) is 0 Å². The van der Waals surface area contributed by atoms with Crippen LogP contribution in [0.5, 0.6) is 0 Å². The third kappa shape index (κ3) is 1.75. The molecule has 0 aliphatic heterocycles. The minimum absolute atomic E-state index is 0.0913. The van der Waals surface area contributed by atoms with E-state index in [4.69, 9.17) is 5.73 Å². The van der Waals surface area contributed by atoms with Crippen molar-refractivity contribution >= 4 is 11.8 Å². The van der Waals surface area contributed by atoms with Gasteiger partial charge in [0.15, 0.2) is 0 Å². The summed E-state index contributed by atoms with van der Waals surface area (Å²) in [6.45, 7) is 0.0913. The molecule has 0 atom stereocenters. The molecule has 0 bridgehead atoms. The summed E-state index contributed by atoms with van der Waals surface area (Å²) >= 11 is 0. The highest BCUT2D eigenvalue weighted by Gasteiger charge is 2.00. The molecular formula is C8H7FN2O.